The van der Waals surface area contributed by atoms with E-state index in [4.69, 9.17) is 33.0 Å². The zero-order valence-electron chi connectivity index (χ0n) is 16.8. The molecule has 1 rings (SSSR count). The summed E-state index contributed by atoms with van der Waals surface area (Å²) in [6.45, 7) is 2.02. The number of carbonyl (C=O) groups excluding carboxylic acids is 1. The summed E-state index contributed by atoms with van der Waals surface area (Å²) >= 11 is 12.0. The van der Waals surface area contributed by atoms with Crippen molar-refractivity contribution < 1.29 is 19.7 Å². The summed E-state index contributed by atoms with van der Waals surface area (Å²) < 4.78 is 5.36. The lowest BCUT2D eigenvalue weighted by Crippen LogP contribution is -2.20. The monoisotopic (exact) mass is 432 g/mol. The van der Waals surface area contributed by atoms with Gasteiger partial charge in [0.15, 0.2) is 0 Å². The van der Waals surface area contributed by atoms with Crippen LogP contribution in [0.25, 0.3) is 0 Å². The molecule has 2 atom stereocenters. The third kappa shape index (κ3) is 11.3. The lowest BCUT2D eigenvalue weighted by atomic mass is 9.92. The average molecular weight is 433 g/mol. The molecular formula is C22H34Cl2O4. The standard InChI is InChI=1S/C22H34Cl2O4/c1-2-3-4-5-6-7-8-9-17(12-20(26)15-25)13-22(27)28-16-18-10-11-19(23)14-21(18)24/h10-11,14,17,20,25-26H,2-9,12-13,15-16H2,1H3. The van der Waals surface area contributed by atoms with E-state index in [0.29, 0.717) is 22.0 Å². The third-order valence-electron chi connectivity index (χ3n) is 4.89. The van der Waals surface area contributed by atoms with Crippen LogP contribution in [-0.2, 0) is 16.1 Å². The van der Waals surface area contributed by atoms with Crippen molar-refractivity contribution in [1.82, 2.24) is 0 Å². The van der Waals surface area contributed by atoms with E-state index in [9.17, 15) is 9.90 Å². The molecule has 0 saturated carbocycles. The van der Waals surface area contributed by atoms with Crippen LogP contribution >= 0.6 is 23.2 Å². The second-order valence-corrected chi connectivity index (χ2v) is 8.29. The molecule has 0 aliphatic rings. The number of hydrogen-bond acceptors (Lipinski definition) is 4. The van der Waals surface area contributed by atoms with Gasteiger partial charge in [-0.15, -0.1) is 0 Å². The van der Waals surface area contributed by atoms with E-state index in [0.717, 1.165) is 19.3 Å². The van der Waals surface area contributed by atoms with Gasteiger partial charge in [0, 0.05) is 22.0 Å². The first-order valence-corrected chi connectivity index (χ1v) is 11.1. The Kier molecular flexibility index (Phi) is 13.6. The Hall–Kier alpha value is -0.810. The highest BCUT2D eigenvalue weighted by molar-refractivity contribution is 6.35. The topological polar surface area (TPSA) is 66.8 Å². The van der Waals surface area contributed by atoms with E-state index in [-0.39, 0.29) is 31.5 Å². The maximum atomic E-state index is 12.2. The number of esters is 1. The molecule has 28 heavy (non-hydrogen) atoms. The zero-order chi connectivity index (χ0) is 20.8. The van der Waals surface area contributed by atoms with Gasteiger partial charge < -0.3 is 14.9 Å². The summed E-state index contributed by atoms with van der Waals surface area (Å²) in [5.41, 5.74) is 0.707. The molecule has 0 bridgehead atoms. The number of benzene rings is 1. The molecule has 1 aromatic rings. The molecule has 0 heterocycles. The van der Waals surface area contributed by atoms with Crippen LogP contribution in [-0.4, -0.2) is 28.9 Å². The zero-order valence-corrected chi connectivity index (χ0v) is 18.4. The highest BCUT2D eigenvalue weighted by Gasteiger charge is 2.19. The van der Waals surface area contributed by atoms with Crippen LogP contribution in [0.5, 0.6) is 0 Å². The van der Waals surface area contributed by atoms with Crippen molar-refractivity contribution in [3.8, 4) is 0 Å². The highest BCUT2D eigenvalue weighted by atomic mass is 35.5. The summed E-state index contributed by atoms with van der Waals surface area (Å²) in [7, 11) is 0. The fraction of sp³-hybridized carbons (Fsp3) is 0.682. The lowest BCUT2D eigenvalue weighted by molar-refractivity contribution is -0.146. The fourth-order valence-electron chi connectivity index (χ4n) is 3.24. The van der Waals surface area contributed by atoms with Crippen molar-refractivity contribution >= 4 is 29.2 Å². The molecule has 0 radical (unpaired) electrons. The largest absolute Gasteiger partial charge is 0.461 e. The number of rotatable bonds is 15. The Bertz CT molecular complexity index is 565. The molecule has 0 aliphatic heterocycles. The maximum absolute atomic E-state index is 12.2. The van der Waals surface area contributed by atoms with Crippen molar-refractivity contribution in [2.45, 2.75) is 83.8 Å². The van der Waals surface area contributed by atoms with Crippen molar-refractivity contribution in [2.24, 2.45) is 5.92 Å². The Balaban J connectivity index is 2.40. The molecule has 1 aromatic carbocycles. The molecule has 2 N–H and O–H groups in total. The maximum Gasteiger partial charge on any atom is 0.306 e. The van der Waals surface area contributed by atoms with Crippen LogP contribution in [0.3, 0.4) is 0 Å². The van der Waals surface area contributed by atoms with Crippen LogP contribution in [0.2, 0.25) is 10.0 Å². The van der Waals surface area contributed by atoms with Gasteiger partial charge in [0.2, 0.25) is 0 Å². The van der Waals surface area contributed by atoms with E-state index in [1.54, 1.807) is 18.2 Å². The lowest BCUT2D eigenvalue weighted by Gasteiger charge is -2.19. The smallest absolute Gasteiger partial charge is 0.306 e. The van der Waals surface area contributed by atoms with Gasteiger partial charge in [-0.3, -0.25) is 4.79 Å². The molecule has 0 saturated heterocycles. The number of ether oxygens (including phenoxy) is 1. The quantitative estimate of drug-likeness (QED) is 0.266. The van der Waals surface area contributed by atoms with Crippen LogP contribution in [0.4, 0.5) is 0 Å². The Morgan fingerprint density at radius 3 is 2.43 bits per heavy atom. The van der Waals surface area contributed by atoms with Crippen LogP contribution < -0.4 is 0 Å². The van der Waals surface area contributed by atoms with Gasteiger partial charge in [-0.25, -0.2) is 0 Å². The third-order valence-corrected chi connectivity index (χ3v) is 5.48. The van der Waals surface area contributed by atoms with E-state index in [1.807, 2.05) is 0 Å². The van der Waals surface area contributed by atoms with Gasteiger partial charge in [-0.05, 0) is 30.9 Å². The highest BCUT2D eigenvalue weighted by Crippen LogP contribution is 2.24. The van der Waals surface area contributed by atoms with Crippen LogP contribution in [0, 0.1) is 5.92 Å². The molecule has 2 unspecified atom stereocenters. The first-order chi connectivity index (χ1) is 13.5. The molecular weight excluding hydrogens is 399 g/mol. The second-order valence-electron chi connectivity index (χ2n) is 7.45. The minimum absolute atomic E-state index is 0.00554. The Morgan fingerprint density at radius 1 is 1.11 bits per heavy atom. The van der Waals surface area contributed by atoms with Crippen LogP contribution in [0.15, 0.2) is 18.2 Å². The Labute approximate surface area is 179 Å². The molecule has 0 fully saturated rings. The van der Waals surface area contributed by atoms with Crippen molar-refractivity contribution in [2.75, 3.05) is 6.61 Å². The van der Waals surface area contributed by atoms with E-state index in [1.165, 1.54) is 32.1 Å². The van der Waals surface area contributed by atoms with Gasteiger partial charge in [-0.1, -0.05) is 81.1 Å². The first kappa shape index (κ1) is 25.2. The summed E-state index contributed by atoms with van der Waals surface area (Å²) in [5, 5.41) is 19.9. The second kappa shape index (κ2) is 15.1. The normalized spacial score (nSPS) is 13.3. The summed E-state index contributed by atoms with van der Waals surface area (Å²) in [5.74, 6) is -0.310. The van der Waals surface area contributed by atoms with Gasteiger partial charge >= 0.3 is 5.97 Å². The number of halogens is 2. The average Bonchev–Trinajstić information content (AvgIpc) is 2.66. The van der Waals surface area contributed by atoms with Crippen molar-refractivity contribution in [1.29, 1.82) is 0 Å². The number of unbranched alkanes of at least 4 members (excludes halogenated alkanes) is 6. The molecule has 6 heteroatoms. The van der Waals surface area contributed by atoms with Crippen LogP contribution in [0.1, 0.15) is 76.7 Å². The minimum Gasteiger partial charge on any atom is -0.461 e. The number of aliphatic hydroxyl groups excluding tert-OH is 2. The Morgan fingerprint density at radius 2 is 1.79 bits per heavy atom. The molecule has 0 aromatic heterocycles. The molecule has 4 nitrogen and oxygen atoms in total. The van der Waals surface area contributed by atoms with Gasteiger partial charge in [0.1, 0.15) is 6.61 Å². The predicted octanol–water partition coefficient (Wildman–Crippen LogP) is 5.93. The number of aliphatic hydroxyl groups is 2. The van der Waals surface area contributed by atoms with E-state index >= 15 is 0 Å². The SMILES string of the molecule is CCCCCCCCCC(CC(=O)OCc1ccc(Cl)cc1Cl)CC(O)CO. The fourth-order valence-corrected chi connectivity index (χ4v) is 3.71. The van der Waals surface area contributed by atoms with E-state index < -0.39 is 6.10 Å². The summed E-state index contributed by atoms with van der Waals surface area (Å²) in [4.78, 5) is 12.2. The summed E-state index contributed by atoms with van der Waals surface area (Å²) in [6, 6.07) is 5.06. The molecule has 160 valence electrons. The van der Waals surface area contributed by atoms with Gasteiger partial charge in [-0.2, -0.15) is 0 Å². The van der Waals surface area contributed by atoms with E-state index in [2.05, 4.69) is 6.92 Å². The number of carbonyl (C=O) groups is 1. The van der Waals surface area contributed by atoms with Gasteiger partial charge in [0.25, 0.3) is 0 Å². The number of hydrogen-bond donors (Lipinski definition) is 2. The van der Waals surface area contributed by atoms with Crippen molar-refractivity contribution in [3.05, 3.63) is 33.8 Å². The molecule has 0 spiro atoms. The van der Waals surface area contributed by atoms with Crippen molar-refractivity contribution in [3.63, 3.8) is 0 Å². The summed E-state index contributed by atoms with van der Waals surface area (Å²) in [6.07, 6.45) is 9.10. The first-order valence-electron chi connectivity index (χ1n) is 10.3. The molecule has 0 aliphatic carbocycles. The predicted molar refractivity (Wildman–Crippen MR) is 115 cm³/mol. The van der Waals surface area contributed by atoms with Gasteiger partial charge in [0.05, 0.1) is 12.7 Å². The molecule has 0 amide bonds. The minimum atomic E-state index is -0.798.